The Kier molecular flexibility index (Phi) is 6.80. The predicted molar refractivity (Wildman–Crippen MR) is 53.8 cm³/mol. The lowest BCUT2D eigenvalue weighted by atomic mass is 10.1. The third-order valence-corrected chi connectivity index (χ3v) is 1.80. The Morgan fingerprint density at radius 1 is 1.36 bits per heavy atom. The quantitative estimate of drug-likeness (QED) is 0.658. The predicted octanol–water partition coefficient (Wildman–Crippen LogP) is 1.24. The van der Waals surface area contributed by atoms with Crippen LogP contribution in [0.1, 0.15) is 40.0 Å². The van der Waals surface area contributed by atoms with E-state index in [4.69, 9.17) is 4.74 Å². The van der Waals surface area contributed by atoms with Crippen LogP contribution in [0.15, 0.2) is 0 Å². The number of ether oxygens (including phenoxy) is 1. The maximum Gasteiger partial charge on any atom is 0.302 e. The molecule has 14 heavy (non-hydrogen) atoms. The van der Waals surface area contributed by atoms with Crippen LogP contribution in [0.25, 0.3) is 0 Å². The summed E-state index contributed by atoms with van der Waals surface area (Å²) in [4.78, 5) is 21.4. The van der Waals surface area contributed by atoms with E-state index in [1.165, 1.54) is 13.8 Å². The Balaban J connectivity index is 3.83. The van der Waals surface area contributed by atoms with Gasteiger partial charge in [0.15, 0.2) is 0 Å². The fourth-order valence-corrected chi connectivity index (χ4v) is 1.15. The molecule has 0 heterocycles. The largest absolute Gasteiger partial charge is 0.464 e. The van der Waals surface area contributed by atoms with Gasteiger partial charge in [0.05, 0.1) is 6.04 Å². The van der Waals surface area contributed by atoms with Gasteiger partial charge in [-0.1, -0.05) is 19.8 Å². The van der Waals surface area contributed by atoms with Crippen LogP contribution in [0.4, 0.5) is 0 Å². The number of hydrogen-bond donors (Lipinski definition) is 1. The Hall–Kier alpha value is -1.06. The standard InChI is InChI=1S/C10H19NO3/c1-4-5-6-10(11-8(2)12)7-14-9(3)13/h10H,4-7H2,1-3H3,(H,11,12)/t10-/m0/s1. The molecule has 4 heteroatoms. The Morgan fingerprint density at radius 3 is 2.43 bits per heavy atom. The van der Waals surface area contributed by atoms with Gasteiger partial charge in [0.2, 0.25) is 5.91 Å². The van der Waals surface area contributed by atoms with Crippen molar-refractivity contribution in [2.24, 2.45) is 0 Å². The zero-order chi connectivity index (χ0) is 11.0. The summed E-state index contributed by atoms with van der Waals surface area (Å²) in [6, 6.07) is -0.0450. The van der Waals surface area contributed by atoms with Gasteiger partial charge in [0, 0.05) is 13.8 Å². The fraction of sp³-hybridized carbons (Fsp3) is 0.800. The van der Waals surface area contributed by atoms with Crippen LogP contribution in [-0.2, 0) is 14.3 Å². The molecule has 0 aromatic heterocycles. The van der Waals surface area contributed by atoms with Crippen LogP contribution in [0, 0.1) is 0 Å². The number of esters is 1. The summed E-state index contributed by atoms with van der Waals surface area (Å²) in [5.74, 6) is -0.393. The molecule has 0 radical (unpaired) electrons. The van der Waals surface area contributed by atoms with Crippen molar-refractivity contribution in [1.29, 1.82) is 0 Å². The summed E-state index contributed by atoms with van der Waals surface area (Å²) < 4.78 is 4.85. The summed E-state index contributed by atoms with van der Waals surface area (Å²) in [5, 5.41) is 2.75. The van der Waals surface area contributed by atoms with Gasteiger partial charge in [-0.05, 0) is 6.42 Å². The maximum atomic E-state index is 10.8. The molecule has 0 aromatic rings. The highest BCUT2D eigenvalue weighted by Crippen LogP contribution is 2.01. The van der Waals surface area contributed by atoms with Gasteiger partial charge in [0.25, 0.3) is 0 Å². The minimum atomic E-state index is -0.308. The third kappa shape index (κ3) is 7.58. The van der Waals surface area contributed by atoms with Crippen molar-refractivity contribution < 1.29 is 14.3 Å². The molecule has 0 aliphatic heterocycles. The van der Waals surface area contributed by atoms with Crippen molar-refractivity contribution in [3.63, 3.8) is 0 Å². The summed E-state index contributed by atoms with van der Waals surface area (Å²) in [6.07, 6.45) is 2.94. The molecule has 0 bridgehead atoms. The molecule has 1 amide bonds. The van der Waals surface area contributed by atoms with E-state index in [0.29, 0.717) is 0 Å². The van der Waals surface area contributed by atoms with Crippen molar-refractivity contribution in [1.82, 2.24) is 5.32 Å². The molecule has 4 nitrogen and oxygen atoms in total. The molecule has 0 rings (SSSR count). The van der Waals surface area contributed by atoms with E-state index < -0.39 is 0 Å². The van der Waals surface area contributed by atoms with Crippen molar-refractivity contribution in [3.8, 4) is 0 Å². The average molecular weight is 201 g/mol. The third-order valence-electron chi connectivity index (χ3n) is 1.80. The van der Waals surface area contributed by atoms with Crippen molar-refractivity contribution in [3.05, 3.63) is 0 Å². The SMILES string of the molecule is CCCC[C@@H](COC(C)=O)NC(C)=O. The highest BCUT2D eigenvalue weighted by Gasteiger charge is 2.10. The van der Waals surface area contributed by atoms with Crippen LogP contribution in [0.3, 0.4) is 0 Å². The first-order chi connectivity index (χ1) is 6.56. The van der Waals surface area contributed by atoms with E-state index in [1.807, 2.05) is 0 Å². The smallest absolute Gasteiger partial charge is 0.302 e. The van der Waals surface area contributed by atoms with Crippen LogP contribution in [0.2, 0.25) is 0 Å². The Bertz CT molecular complexity index is 192. The summed E-state index contributed by atoms with van der Waals surface area (Å²) in [6.45, 7) is 5.18. The molecule has 0 aliphatic carbocycles. The molecule has 0 aromatic carbocycles. The van der Waals surface area contributed by atoms with E-state index in [9.17, 15) is 9.59 Å². The monoisotopic (exact) mass is 201 g/mol. The van der Waals surface area contributed by atoms with Crippen molar-refractivity contribution in [2.75, 3.05) is 6.61 Å². The molecule has 1 N–H and O–H groups in total. The highest BCUT2D eigenvalue weighted by molar-refractivity contribution is 5.73. The van der Waals surface area contributed by atoms with Gasteiger partial charge in [-0.25, -0.2) is 0 Å². The second kappa shape index (κ2) is 7.35. The van der Waals surface area contributed by atoms with Crippen LogP contribution >= 0.6 is 0 Å². The van der Waals surface area contributed by atoms with Gasteiger partial charge in [-0.15, -0.1) is 0 Å². The average Bonchev–Trinajstić information content (AvgIpc) is 2.09. The lowest BCUT2D eigenvalue weighted by Crippen LogP contribution is -2.37. The number of hydrogen-bond acceptors (Lipinski definition) is 3. The van der Waals surface area contributed by atoms with E-state index in [-0.39, 0.29) is 24.5 Å². The molecule has 0 saturated heterocycles. The van der Waals surface area contributed by atoms with E-state index in [2.05, 4.69) is 12.2 Å². The van der Waals surface area contributed by atoms with Gasteiger partial charge < -0.3 is 10.1 Å². The number of carbonyl (C=O) groups is 2. The summed E-state index contributed by atoms with van der Waals surface area (Å²) in [5.41, 5.74) is 0. The molecule has 0 spiro atoms. The van der Waals surface area contributed by atoms with Gasteiger partial charge in [0.1, 0.15) is 6.61 Å². The number of amides is 1. The number of carbonyl (C=O) groups excluding carboxylic acids is 2. The number of rotatable bonds is 6. The minimum absolute atomic E-state index is 0.0450. The van der Waals surface area contributed by atoms with Gasteiger partial charge >= 0.3 is 5.97 Å². The second-order valence-corrected chi connectivity index (χ2v) is 3.34. The van der Waals surface area contributed by atoms with E-state index in [1.54, 1.807) is 0 Å². The van der Waals surface area contributed by atoms with Crippen molar-refractivity contribution in [2.45, 2.75) is 46.1 Å². The number of unbranched alkanes of at least 4 members (excludes halogenated alkanes) is 1. The van der Waals surface area contributed by atoms with Crippen LogP contribution < -0.4 is 5.32 Å². The molecule has 0 saturated carbocycles. The van der Waals surface area contributed by atoms with Gasteiger partial charge in [-0.2, -0.15) is 0 Å². The van der Waals surface area contributed by atoms with Crippen molar-refractivity contribution >= 4 is 11.9 Å². The topological polar surface area (TPSA) is 55.4 Å². The molecular weight excluding hydrogens is 182 g/mol. The fourth-order valence-electron chi connectivity index (χ4n) is 1.15. The molecular formula is C10H19NO3. The first-order valence-corrected chi connectivity index (χ1v) is 4.96. The summed E-state index contributed by atoms with van der Waals surface area (Å²) >= 11 is 0. The second-order valence-electron chi connectivity index (χ2n) is 3.34. The first-order valence-electron chi connectivity index (χ1n) is 4.96. The van der Waals surface area contributed by atoms with Crippen LogP contribution in [-0.4, -0.2) is 24.5 Å². The number of nitrogens with one attached hydrogen (secondary N) is 1. The maximum absolute atomic E-state index is 10.8. The summed E-state index contributed by atoms with van der Waals surface area (Å²) in [7, 11) is 0. The zero-order valence-corrected chi connectivity index (χ0v) is 9.13. The van der Waals surface area contributed by atoms with Crippen LogP contribution in [0.5, 0.6) is 0 Å². The Morgan fingerprint density at radius 2 is 2.00 bits per heavy atom. The van der Waals surface area contributed by atoms with Gasteiger partial charge in [-0.3, -0.25) is 9.59 Å². The molecule has 82 valence electrons. The molecule has 1 atom stereocenters. The lowest BCUT2D eigenvalue weighted by Gasteiger charge is -2.16. The first kappa shape index (κ1) is 12.9. The van der Waals surface area contributed by atoms with E-state index in [0.717, 1.165) is 19.3 Å². The normalized spacial score (nSPS) is 11.9. The zero-order valence-electron chi connectivity index (χ0n) is 9.13. The minimum Gasteiger partial charge on any atom is -0.464 e. The van der Waals surface area contributed by atoms with E-state index >= 15 is 0 Å². The highest BCUT2D eigenvalue weighted by atomic mass is 16.5. The Labute approximate surface area is 85.0 Å². The molecule has 0 fully saturated rings. The molecule has 0 unspecified atom stereocenters. The molecule has 0 aliphatic rings. The lowest BCUT2D eigenvalue weighted by molar-refractivity contribution is -0.142.